The average Bonchev–Trinajstić information content (AvgIpc) is 2.43. The van der Waals surface area contributed by atoms with Crippen molar-refractivity contribution in [3.63, 3.8) is 0 Å². The third-order valence-electron chi connectivity index (χ3n) is 3.96. The maximum atomic E-state index is 12.8. The Morgan fingerprint density at radius 1 is 1.50 bits per heavy atom. The third-order valence-corrected chi connectivity index (χ3v) is 4.53. The number of rotatable bonds is 1. The zero-order chi connectivity index (χ0) is 14.5. The number of methoxy groups -OCH3 is 1. The summed E-state index contributed by atoms with van der Waals surface area (Å²) in [5.41, 5.74) is -0.827. The van der Waals surface area contributed by atoms with Crippen molar-refractivity contribution in [3.8, 4) is 5.75 Å². The molecule has 3 rings (SSSR count). The number of halogens is 1. The van der Waals surface area contributed by atoms with Gasteiger partial charge in [-0.25, -0.2) is 0 Å². The van der Waals surface area contributed by atoms with Gasteiger partial charge in [0.25, 0.3) is 0 Å². The molecule has 108 valence electrons. The minimum absolute atomic E-state index is 0.0645. The molecule has 0 N–H and O–H groups in total. The highest BCUT2D eigenvalue weighted by atomic mass is 79.9. The van der Waals surface area contributed by atoms with Gasteiger partial charge in [-0.15, -0.1) is 0 Å². The lowest BCUT2D eigenvalue weighted by atomic mass is 9.76. The van der Waals surface area contributed by atoms with E-state index in [1.54, 1.807) is 17.7 Å². The molecule has 0 aromatic carbocycles. The summed E-state index contributed by atoms with van der Waals surface area (Å²) in [7, 11) is 1.39. The molecule has 0 bridgehead atoms. The molecule has 1 fully saturated rings. The average molecular weight is 344 g/mol. The zero-order valence-electron chi connectivity index (χ0n) is 11.1. The number of carbonyl (C=O) groups excluding carboxylic acids is 1. The third kappa shape index (κ3) is 1.77. The Hall–Kier alpha value is -1.18. The molecule has 0 unspecified atom stereocenters. The van der Waals surface area contributed by atoms with E-state index in [0.717, 1.165) is 0 Å². The monoisotopic (exact) mass is 343 g/mol. The van der Waals surface area contributed by atoms with E-state index in [9.17, 15) is 9.59 Å². The number of ketones is 1. The first-order valence-corrected chi connectivity index (χ1v) is 6.99. The summed E-state index contributed by atoms with van der Waals surface area (Å²) in [5, 5.41) is 0. The van der Waals surface area contributed by atoms with Crippen LogP contribution in [0.3, 0.4) is 0 Å². The Bertz CT molecular complexity index is 640. The molecule has 1 saturated heterocycles. The van der Waals surface area contributed by atoms with Crippen LogP contribution in [0.4, 0.5) is 0 Å². The van der Waals surface area contributed by atoms with Gasteiger partial charge in [0.1, 0.15) is 12.5 Å². The van der Waals surface area contributed by atoms with Crippen molar-refractivity contribution in [3.05, 3.63) is 26.6 Å². The minimum atomic E-state index is -0.786. The fourth-order valence-corrected chi connectivity index (χ4v) is 3.18. The van der Waals surface area contributed by atoms with Gasteiger partial charge in [-0.2, -0.15) is 0 Å². The lowest BCUT2D eigenvalue weighted by molar-refractivity contribution is -0.195. The molecule has 0 amide bonds. The van der Waals surface area contributed by atoms with Crippen molar-refractivity contribution in [2.24, 2.45) is 5.41 Å². The predicted octanol–water partition coefficient (Wildman–Crippen LogP) is 1.19. The van der Waals surface area contributed by atoms with E-state index in [-0.39, 0.29) is 42.2 Å². The van der Waals surface area contributed by atoms with Crippen molar-refractivity contribution < 1.29 is 19.0 Å². The van der Waals surface area contributed by atoms with Crippen LogP contribution in [0.15, 0.2) is 15.5 Å². The van der Waals surface area contributed by atoms with E-state index in [4.69, 9.17) is 14.2 Å². The van der Waals surface area contributed by atoms with E-state index >= 15 is 0 Å². The molecule has 2 aliphatic rings. The predicted molar refractivity (Wildman–Crippen MR) is 73.1 cm³/mol. The number of Topliss-reactive ketones (excluding diaryl/α,β-unsaturated/α-hetero) is 1. The molecular formula is C13H14BrNO5. The van der Waals surface area contributed by atoms with Gasteiger partial charge >= 0.3 is 0 Å². The summed E-state index contributed by atoms with van der Waals surface area (Å²) in [6, 6.07) is 0. The molecule has 0 spiro atoms. The van der Waals surface area contributed by atoms with Crippen LogP contribution in [-0.4, -0.2) is 37.0 Å². The molecule has 0 aliphatic carbocycles. The first kappa shape index (κ1) is 13.8. The Balaban J connectivity index is 2.23. The standard InChI is InChI=1S/C13H14BrNO5/c1-13-5-19-6-20-8(13)4-15-3-7(14)10(16)11(18-2)9(15)12(13)17/h3,8H,4-6H2,1-2H3/t8-,13+/m0/s1. The first-order chi connectivity index (χ1) is 9.49. The Labute approximate surface area is 123 Å². The summed E-state index contributed by atoms with van der Waals surface area (Å²) in [6.07, 6.45) is 1.34. The lowest BCUT2D eigenvalue weighted by Gasteiger charge is -2.43. The van der Waals surface area contributed by atoms with Crippen molar-refractivity contribution in [2.75, 3.05) is 20.5 Å². The van der Waals surface area contributed by atoms with E-state index in [1.165, 1.54) is 7.11 Å². The van der Waals surface area contributed by atoms with Crippen LogP contribution in [0.1, 0.15) is 17.4 Å². The highest BCUT2D eigenvalue weighted by molar-refractivity contribution is 9.10. The molecule has 2 aliphatic heterocycles. The molecule has 2 atom stereocenters. The van der Waals surface area contributed by atoms with Gasteiger partial charge in [-0.3, -0.25) is 9.59 Å². The maximum absolute atomic E-state index is 12.8. The van der Waals surface area contributed by atoms with Crippen molar-refractivity contribution in [2.45, 2.75) is 19.6 Å². The highest BCUT2D eigenvalue weighted by Gasteiger charge is 2.50. The van der Waals surface area contributed by atoms with Crippen LogP contribution < -0.4 is 10.2 Å². The molecule has 1 aromatic heterocycles. The largest absolute Gasteiger partial charge is 0.491 e. The van der Waals surface area contributed by atoms with Gasteiger partial charge in [-0.05, 0) is 22.9 Å². The van der Waals surface area contributed by atoms with Crippen molar-refractivity contribution >= 4 is 21.7 Å². The molecule has 0 radical (unpaired) electrons. The van der Waals surface area contributed by atoms with Crippen LogP contribution in [0, 0.1) is 5.41 Å². The molecule has 7 heteroatoms. The van der Waals surface area contributed by atoms with Crippen molar-refractivity contribution in [1.29, 1.82) is 0 Å². The number of pyridine rings is 1. The van der Waals surface area contributed by atoms with E-state index in [0.29, 0.717) is 11.0 Å². The maximum Gasteiger partial charge on any atom is 0.238 e. The Kier molecular flexibility index (Phi) is 3.23. The molecule has 0 saturated carbocycles. The van der Waals surface area contributed by atoms with Crippen LogP contribution in [-0.2, 0) is 16.0 Å². The van der Waals surface area contributed by atoms with Gasteiger partial charge in [0.2, 0.25) is 5.43 Å². The lowest BCUT2D eigenvalue weighted by Crippen LogP contribution is -2.55. The van der Waals surface area contributed by atoms with E-state index in [1.807, 2.05) is 0 Å². The van der Waals surface area contributed by atoms with E-state index < -0.39 is 5.41 Å². The number of carbonyl (C=O) groups is 1. The fraction of sp³-hybridized carbons (Fsp3) is 0.538. The summed E-state index contributed by atoms with van der Waals surface area (Å²) in [5.74, 6) is -0.121. The molecule has 20 heavy (non-hydrogen) atoms. The van der Waals surface area contributed by atoms with Crippen LogP contribution >= 0.6 is 15.9 Å². The smallest absolute Gasteiger partial charge is 0.238 e. The Morgan fingerprint density at radius 3 is 2.95 bits per heavy atom. The van der Waals surface area contributed by atoms with Gasteiger partial charge in [0.05, 0.1) is 36.3 Å². The second-order valence-electron chi connectivity index (χ2n) is 5.21. The van der Waals surface area contributed by atoms with Gasteiger partial charge in [-0.1, -0.05) is 0 Å². The number of ether oxygens (including phenoxy) is 3. The zero-order valence-corrected chi connectivity index (χ0v) is 12.7. The van der Waals surface area contributed by atoms with Crippen LogP contribution in [0.25, 0.3) is 0 Å². The van der Waals surface area contributed by atoms with E-state index in [2.05, 4.69) is 15.9 Å². The Morgan fingerprint density at radius 2 is 2.25 bits per heavy atom. The summed E-state index contributed by atoms with van der Waals surface area (Å²) in [6.45, 7) is 2.75. The number of fused-ring (bicyclic) bond motifs is 2. The molecular weight excluding hydrogens is 330 g/mol. The molecule has 1 aromatic rings. The summed E-state index contributed by atoms with van der Waals surface area (Å²) in [4.78, 5) is 24.9. The number of hydrogen-bond donors (Lipinski definition) is 0. The normalized spacial score (nSPS) is 28.8. The summed E-state index contributed by atoms with van der Waals surface area (Å²) < 4.78 is 18.1. The van der Waals surface area contributed by atoms with Crippen LogP contribution in [0.5, 0.6) is 5.75 Å². The second kappa shape index (κ2) is 4.68. The first-order valence-electron chi connectivity index (χ1n) is 6.20. The van der Waals surface area contributed by atoms with Crippen LogP contribution in [0.2, 0.25) is 0 Å². The van der Waals surface area contributed by atoms with Gasteiger partial charge < -0.3 is 18.8 Å². The minimum Gasteiger partial charge on any atom is -0.491 e. The topological polar surface area (TPSA) is 66.8 Å². The summed E-state index contributed by atoms with van der Waals surface area (Å²) >= 11 is 3.20. The number of nitrogens with zero attached hydrogens (tertiary/aromatic N) is 1. The SMILES string of the molecule is COc1c2n(cc(Br)c1=O)C[C@@H]1OCOC[C@@]1(C)C2=O. The van der Waals surface area contributed by atoms with Crippen molar-refractivity contribution in [1.82, 2.24) is 4.57 Å². The molecule has 6 nitrogen and oxygen atoms in total. The van der Waals surface area contributed by atoms with Gasteiger partial charge in [0, 0.05) is 6.20 Å². The molecule has 3 heterocycles. The highest BCUT2D eigenvalue weighted by Crippen LogP contribution is 2.39. The quantitative estimate of drug-likeness (QED) is 0.766. The van der Waals surface area contributed by atoms with Gasteiger partial charge in [0.15, 0.2) is 11.5 Å². The number of aromatic nitrogens is 1. The second-order valence-corrected chi connectivity index (χ2v) is 6.06. The number of hydrogen-bond acceptors (Lipinski definition) is 5. The fourth-order valence-electron chi connectivity index (χ4n) is 2.75.